The van der Waals surface area contributed by atoms with Gasteiger partial charge in [-0.1, -0.05) is 31.0 Å². The Labute approximate surface area is 171 Å². The van der Waals surface area contributed by atoms with Crippen molar-refractivity contribution in [3.8, 4) is 6.07 Å². The summed E-state index contributed by atoms with van der Waals surface area (Å²) in [6.07, 6.45) is 6.40. The quantitative estimate of drug-likeness (QED) is 0.571. The largest absolute Gasteiger partial charge is 0.303 e. The van der Waals surface area contributed by atoms with Gasteiger partial charge in [-0.15, -0.1) is 0 Å². The van der Waals surface area contributed by atoms with Crippen LogP contribution in [0.3, 0.4) is 0 Å². The summed E-state index contributed by atoms with van der Waals surface area (Å²) in [4.78, 5) is 4.88. The summed E-state index contributed by atoms with van der Waals surface area (Å²) in [6.45, 7) is 12.6. The molecular formula is C24H38FN3. The van der Waals surface area contributed by atoms with Gasteiger partial charge in [0.15, 0.2) is 0 Å². The maximum absolute atomic E-state index is 14.8. The van der Waals surface area contributed by atoms with Gasteiger partial charge in [0.1, 0.15) is 5.82 Å². The van der Waals surface area contributed by atoms with E-state index in [2.05, 4.69) is 43.6 Å². The molecule has 4 heteroatoms. The molecule has 1 atom stereocenters. The van der Waals surface area contributed by atoms with Crippen molar-refractivity contribution in [3.05, 3.63) is 35.6 Å². The molecule has 1 unspecified atom stereocenters. The molecule has 0 N–H and O–H groups in total. The minimum atomic E-state index is -0.778. The van der Waals surface area contributed by atoms with Gasteiger partial charge in [-0.3, -0.25) is 4.90 Å². The fourth-order valence-corrected chi connectivity index (χ4v) is 4.56. The molecule has 28 heavy (non-hydrogen) atoms. The predicted molar refractivity (Wildman–Crippen MR) is 115 cm³/mol. The molecule has 0 spiro atoms. The fourth-order valence-electron chi connectivity index (χ4n) is 4.56. The maximum Gasteiger partial charge on any atom is 0.128 e. The third-order valence-corrected chi connectivity index (χ3v) is 6.28. The van der Waals surface area contributed by atoms with E-state index in [-0.39, 0.29) is 5.82 Å². The standard InChI is InChI=1S/C24H38FN3/c1-20(2)28(21(3)4)18-14-24(19-26,22-11-7-8-12-23(22)25)13-17-27-15-9-5-6-10-16-27/h7-8,11-12,20-21H,5-6,9-10,13-18H2,1-4H3. The number of nitrogens with zero attached hydrogens (tertiary/aromatic N) is 3. The zero-order chi connectivity index (χ0) is 20.6. The minimum absolute atomic E-state index is 0.249. The summed E-state index contributed by atoms with van der Waals surface area (Å²) < 4.78 is 14.8. The average molecular weight is 388 g/mol. The molecule has 0 aliphatic carbocycles. The Hall–Kier alpha value is -1.44. The lowest BCUT2D eigenvalue weighted by Crippen LogP contribution is -2.42. The second kappa shape index (κ2) is 10.9. The number of halogens is 1. The molecule has 0 bridgehead atoms. The van der Waals surface area contributed by atoms with Gasteiger partial charge in [-0.05, 0) is 79.1 Å². The van der Waals surface area contributed by atoms with Crippen LogP contribution in [0.2, 0.25) is 0 Å². The first-order chi connectivity index (χ1) is 13.4. The molecule has 1 saturated heterocycles. The summed E-state index contributed by atoms with van der Waals surface area (Å²) in [5.74, 6) is -0.249. The first kappa shape index (κ1) is 22.8. The highest BCUT2D eigenvalue weighted by Crippen LogP contribution is 2.34. The van der Waals surface area contributed by atoms with Gasteiger partial charge in [-0.2, -0.15) is 5.26 Å². The van der Waals surface area contributed by atoms with Crippen LogP contribution < -0.4 is 0 Å². The SMILES string of the molecule is CC(C)N(CCC(C#N)(CCN1CCCCCC1)c1ccccc1F)C(C)C. The Kier molecular flexibility index (Phi) is 8.92. The van der Waals surface area contributed by atoms with Crippen LogP contribution in [-0.2, 0) is 5.41 Å². The van der Waals surface area contributed by atoms with Gasteiger partial charge in [-0.25, -0.2) is 4.39 Å². The number of nitriles is 1. The first-order valence-electron chi connectivity index (χ1n) is 11.0. The average Bonchev–Trinajstić information content (AvgIpc) is 2.93. The molecule has 1 aliphatic heterocycles. The fraction of sp³-hybridized carbons (Fsp3) is 0.708. The summed E-state index contributed by atoms with van der Waals surface area (Å²) in [5, 5.41) is 10.3. The van der Waals surface area contributed by atoms with Gasteiger partial charge in [0.25, 0.3) is 0 Å². The topological polar surface area (TPSA) is 30.3 Å². The maximum atomic E-state index is 14.8. The lowest BCUT2D eigenvalue weighted by molar-refractivity contribution is 0.157. The van der Waals surface area contributed by atoms with Crippen molar-refractivity contribution in [2.45, 2.75) is 83.7 Å². The third kappa shape index (κ3) is 6.03. The predicted octanol–water partition coefficient (Wildman–Crippen LogP) is 5.36. The molecule has 1 aromatic rings. The summed E-state index contributed by atoms with van der Waals surface area (Å²) in [7, 11) is 0. The Morgan fingerprint density at radius 2 is 1.64 bits per heavy atom. The van der Waals surface area contributed by atoms with Crippen molar-refractivity contribution in [3.63, 3.8) is 0 Å². The highest BCUT2D eigenvalue weighted by molar-refractivity contribution is 5.34. The van der Waals surface area contributed by atoms with E-state index in [0.29, 0.717) is 30.5 Å². The molecule has 0 saturated carbocycles. The molecule has 0 radical (unpaired) electrons. The Balaban J connectivity index is 2.23. The first-order valence-corrected chi connectivity index (χ1v) is 11.0. The molecule has 2 rings (SSSR count). The second-order valence-corrected chi connectivity index (χ2v) is 8.85. The Morgan fingerprint density at radius 3 is 2.18 bits per heavy atom. The minimum Gasteiger partial charge on any atom is -0.303 e. The zero-order valence-electron chi connectivity index (χ0n) is 18.3. The van der Waals surface area contributed by atoms with E-state index in [4.69, 9.17) is 0 Å². The van der Waals surface area contributed by atoms with E-state index >= 15 is 0 Å². The van der Waals surface area contributed by atoms with E-state index in [1.807, 2.05) is 12.1 Å². The van der Waals surface area contributed by atoms with Gasteiger partial charge >= 0.3 is 0 Å². The van der Waals surface area contributed by atoms with Crippen molar-refractivity contribution in [1.29, 1.82) is 5.26 Å². The van der Waals surface area contributed by atoms with Crippen LogP contribution in [0.4, 0.5) is 4.39 Å². The van der Waals surface area contributed by atoms with Crippen LogP contribution in [0, 0.1) is 17.1 Å². The lowest BCUT2D eigenvalue weighted by Gasteiger charge is -2.36. The number of hydrogen-bond acceptors (Lipinski definition) is 3. The smallest absolute Gasteiger partial charge is 0.128 e. The van der Waals surface area contributed by atoms with Crippen LogP contribution in [0.1, 0.15) is 71.8 Å². The molecule has 0 aromatic heterocycles. The Bertz CT molecular complexity index is 621. The van der Waals surface area contributed by atoms with Gasteiger partial charge in [0.2, 0.25) is 0 Å². The molecular weight excluding hydrogens is 349 g/mol. The van der Waals surface area contributed by atoms with Crippen LogP contribution in [0.5, 0.6) is 0 Å². The highest BCUT2D eigenvalue weighted by Gasteiger charge is 2.36. The summed E-state index contributed by atoms with van der Waals surface area (Å²) >= 11 is 0. The van der Waals surface area contributed by atoms with Crippen molar-refractivity contribution >= 4 is 0 Å². The van der Waals surface area contributed by atoms with E-state index in [1.54, 1.807) is 6.07 Å². The van der Waals surface area contributed by atoms with Crippen molar-refractivity contribution in [2.75, 3.05) is 26.2 Å². The highest BCUT2D eigenvalue weighted by atomic mass is 19.1. The number of benzene rings is 1. The number of likely N-dealkylation sites (tertiary alicyclic amines) is 1. The van der Waals surface area contributed by atoms with Crippen LogP contribution in [-0.4, -0.2) is 48.1 Å². The molecule has 0 amide bonds. The van der Waals surface area contributed by atoms with Gasteiger partial charge < -0.3 is 4.90 Å². The molecule has 1 heterocycles. The van der Waals surface area contributed by atoms with Crippen molar-refractivity contribution in [1.82, 2.24) is 9.80 Å². The van der Waals surface area contributed by atoms with Crippen molar-refractivity contribution < 1.29 is 4.39 Å². The molecule has 1 fully saturated rings. The van der Waals surface area contributed by atoms with E-state index in [9.17, 15) is 9.65 Å². The van der Waals surface area contributed by atoms with Crippen LogP contribution >= 0.6 is 0 Å². The second-order valence-electron chi connectivity index (χ2n) is 8.85. The molecule has 156 valence electrons. The third-order valence-electron chi connectivity index (χ3n) is 6.28. The van der Waals surface area contributed by atoms with Crippen LogP contribution in [0.15, 0.2) is 24.3 Å². The molecule has 3 nitrogen and oxygen atoms in total. The van der Waals surface area contributed by atoms with Gasteiger partial charge in [0.05, 0.1) is 11.5 Å². The van der Waals surface area contributed by atoms with E-state index in [0.717, 1.165) is 26.2 Å². The number of rotatable bonds is 9. The van der Waals surface area contributed by atoms with Gasteiger partial charge in [0, 0.05) is 24.2 Å². The van der Waals surface area contributed by atoms with Crippen molar-refractivity contribution in [2.24, 2.45) is 0 Å². The van der Waals surface area contributed by atoms with E-state index < -0.39 is 5.41 Å². The molecule has 1 aliphatic rings. The van der Waals surface area contributed by atoms with E-state index in [1.165, 1.54) is 31.7 Å². The molecule has 1 aromatic carbocycles. The zero-order valence-corrected chi connectivity index (χ0v) is 18.3. The Morgan fingerprint density at radius 1 is 1.04 bits per heavy atom. The lowest BCUT2D eigenvalue weighted by atomic mass is 9.75. The summed E-state index contributed by atoms with van der Waals surface area (Å²) in [6, 6.07) is 10.3. The monoisotopic (exact) mass is 387 g/mol. The number of hydrogen-bond donors (Lipinski definition) is 0. The normalized spacial score (nSPS) is 18.2. The van der Waals surface area contributed by atoms with Crippen LogP contribution in [0.25, 0.3) is 0 Å². The summed E-state index contributed by atoms with van der Waals surface area (Å²) in [5.41, 5.74) is -0.209.